The zero-order valence-corrected chi connectivity index (χ0v) is 21.3. The van der Waals surface area contributed by atoms with Crippen LogP contribution in [-0.2, 0) is 24.3 Å². The van der Waals surface area contributed by atoms with Gasteiger partial charge in [0.25, 0.3) is 5.91 Å². The van der Waals surface area contributed by atoms with Crippen molar-refractivity contribution in [3.63, 3.8) is 0 Å². The Morgan fingerprint density at radius 2 is 1.83 bits per heavy atom. The van der Waals surface area contributed by atoms with Crippen LogP contribution in [0.2, 0.25) is 5.02 Å². The van der Waals surface area contributed by atoms with Crippen molar-refractivity contribution < 1.29 is 27.1 Å². The zero-order chi connectivity index (χ0) is 25.7. The molecule has 7 nitrogen and oxygen atoms in total. The highest BCUT2D eigenvalue weighted by Gasteiger charge is 2.28. The Labute approximate surface area is 217 Å². The molecule has 0 bridgehead atoms. The Kier molecular flexibility index (Phi) is 8.20. The lowest BCUT2D eigenvalue weighted by Crippen LogP contribution is -2.28. The lowest BCUT2D eigenvalue weighted by Gasteiger charge is -2.17. The van der Waals surface area contributed by atoms with Gasteiger partial charge in [0.2, 0.25) is 10.0 Å². The summed E-state index contributed by atoms with van der Waals surface area (Å²) < 4.78 is 45.5. The third-order valence-electron chi connectivity index (χ3n) is 5.44. The van der Waals surface area contributed by atoms with Crippen LogP contribution in [0.3, 0.4) is 0 Å². The molecule has 1 aliphatic rings. The number of carbonyl (C=O) groups excluding carboxylic acids is 2. The number of halogens is 2. The van der Waals surface area contributed by atoms with Gasteiger partial charge in [-0.25, -0.2) is 17.6 Å². The number of benzene rings is 2. The maximum Gasteiger partial charge on any atom is 0.340 e. The quantitative estimate of drug-likeness (QED) is 0.314. The monoisotopic (exact) mass is 548 g/mol. The molecule has 0 spiro atoms. The van der Waals surface area contributed by atoms with Crippen molar-refractivity contribution in [2.45, 2.75) is 17.7 Å². The summed E-state index contributed by atoms with van der Waals surface area (Å²) in [5.41, 5.74) is 0.892. The SMILES string of the molecule is O=C(COC(=O)/C(=C/c1ccc(F)cc1)c1cccs1)Nc1cc(S(=O)(=O)N2CCCC2)ccc1Cl. The number of sulfonamides is 1. The molecule has 1 N–H and O–H groups in total. The highest BCUT2D eigenvalue weighted by atomic mass is 35.5. The van der Waals surface area contributed by atoms with Gasteiger partial charge in [0.1, 0.15) is 5.82 Å². The lowest BCUT2D eigenvalue weighted by atomic mass is 10.1. The summed E-state index contributed by atoms with van der Waals surface area (Å²) in [6.45, 7) is 0.269. The van der Waals surface area contributed by atoms with Crippen LogP contribution in [0.25, 0.3) is 11.6 Å². The van der Waals surface area contributed by atoms with Gasteiger partial charge in [-0.1, -0.05) is 29.8 Å². The minimum absolute atomic E-state index is 0.0170. The van der Waals surface area contributed by atoms with E-state index in [9.17, 15) is 22.4 Å². The highest BCUT2D eigenvalue weighted by molar-refractivity contribution is 7.89. The molecule has 1 amide bonds. The Morgan fingerprint density at radius 1 is 1.11 bits per heavy atom. The molecule has 0 atom stereocenters. The number of rotatable bonds is 8. The van der Waals surface area contributed by atoms with Crippen molar-refractivity contribution in [2.75, 3.05) is 25.0 Å². The summed E-state index contributed by atoms with van der Waals surface area (Å²) in [6, 6.07) is 13.2. The van der Waals surface area contributed by atoms with E-state index in [2.05, 4.69) is 5.32 Å². The number of nitrogens with zero attached hydrogens (tertiary/aromatic N) is 1. The van der Waals surface area contributed by atoms with Crippen LogP contribution in [0.5, 0.6) is 0 Å². The smallest absolute Gasteiger partial charge is 0.340 e. The van der Waals surface area contributed by atoms with Crippen LogP contribution < -0.4 is 5.32 Å². The first kappa shape index (κ1) is 26.0. The molecule has 4 rings (SSSR count). The number of hydrogen-bond donors (Lipinski definition) is 1. The van der Waals surface area contributed by atoms with Gasteiger partial charge < -0.3 is 10.1 Å². The van der Waals surface area contributed by atoms with E-state index < -0.39 is 34.3 Å². The summed E-state index contributed by atoms with van der Waals surface area (Å²) in [4.78, 5) is 26.0. The van der Waals surface area contributed by atoms with Crippen molar-refractivity contribution in [1.82, 2.24) is 4.31 Å². The number of carbonyl (C=O) groups is 2. The molecule has 1 fully saturated rings. The number of hydrogen-bond acceptors (Lipinski definition) is 6. The maximum absolute atomic E-state index is 13.2. The van der Waals surface area contributed by atoms with E-state index in [4.69, 9.17) is 16.3 Å². The van der Waals surface area contributed by atoms with Gasteiger partial charge in [0.05, 0.1) is 21.2 Å². The maximum atomic E-state index is 13.2. The Balaban J connectivity index is 1.45. The average Bonchev–Trinajstić information content (AvgIpc) is 3.58. The topological polar surface area (TPSA) is 92.8 Å². The minimum atomic E-state index is -3.70. The molecule has 36 heavy (non-hydrogen) atoms. The van der Waals surface area contributed by atoms with E-state index in [0.717, 1.165) is 12.8 Å². The summed E-state index contributed by atoms with van der Waals surface area (Å²) in [5.74, 6) is -1.83. The molecule has 1 aliphatic heterocycles. The summed E-state index contributed by atoms with van der Waals surface area (Å²) >= 11 is 7.48. The first-order valence-electron chi connectivity index (χ1n) is 11.0. The molecule has 0 unspecified atom stereocenters. The summed E-state index contributed by atoms with van der Waals surface area (Å²) in [7, 11) is -3.70. The number of nitrogens with one attached hydrogen (secondary N) is 1. The second kappa shape index (κ2) is 11.3. The Bertz CT molecular complexity index is 1380. The zero-order valence-electron chi connectivity index (χ0n) is 18.9. The molecular formula is C25H22ClFN2O5S2. The Hall–Kier alpha value is -3.05. The molecule has 0 radical (unpaired) electrons. The molecule has 0 aliphatic carbocycles. The van der Waals surface area contributed by atoms with Crippen LogP contribution in [0.1, 0.15) is 23.3 Å². The molecular weight excluding hydrogens is 527 g/mol. The highest BCUT2D eigenvalue weighted by Crippen LogP contribution is 2.29. The molecule has 11 heteroatoms. The minimum Gasteiger partial charge on any atom is -0.452 e. The van der Waals surface area contributed by atoms with Crippen molar-refractivity contribution in [1.29, 1.82) is 0 Å². The number of amides is 1. The van der Waals surface area contributed by atoms with E-state index >= 15 is 0 Å². The normalized spacial score (nSPS) is 14.6. The average molecular weight is 549 g/mol. The fraction of sp³-hybridized carbons (Fsp3) is 0.200. The van der Waals surface area contributed by atoms with Crippen LogP contribution in [0, 0.1) is 5.82 Å². The molecule has 2 heterocycles. The van der Waals surface area contributed by atoms with Gasteiger partial charge in [0.15, 0.2) is 6.61 Å². The summed E-state index contributed by atoms with van der Waals surface area (Å²) in [6.07, 6.45) is 3.14. The molecule has 1 saturated heterocycles. The van der Waals surface area contributed by atoms with E-state index in [1.54, 1.807) is 23.6 Å². The van der Waals surface area contributed by atoms with Crippen molar-refractivity contribution in [2.24, 2.45) is 0 Å². The van der Waals surface area contributed by atoms with Crippen molar-refractivity contribution in [3.05, 3.63) is 81.3 Å². The van der Waals surface area contributed by atoms with E-state index in [-0.39, 0.29) is 21.2 Å². The van der Waals surface area contributed by atoms with E-state index in [1.807, 2.05) is 0 Å². The van der Waals surface area contributed by atoms with E-state index in [1.165, 1.54) is 58.1 Å². The molecule has 3 aromatic rings. The van der Waals surface area contributed by atoms with Gasteiger partial charge in [0, 0.05) is 18.0 Å². The molecule has 2 aromatic carbocycles. The van der Waals surface area contributed by atoms with Crippen molar-refractivity contribution >= 4 is 62.2 Å². The predicted molar refractivity (Wildman–Crippen MR) is 138 cm³/mol. The van der Waals surface area contributed by atoms with Gasteiger partial charge in [-0.05, 0) is 66.3 Å². The first-order chi connectivity index (χ1) is 17.2. The second-order valence-corrected chi connectivity index (χ2v) is 11.3. The van der Waals surface area contributed by atoms with Crippen LogP contribution in [0.15, 0.2) is 64.9 Å². The lowest BCUT2D eigenvalue weighted by molar-refractivity contribution is -0.141. The van der Waals surface area contributed by atoms with Gasteiger partial charge >= 0.3 is 5.97 Å². The largest absolute Gasteiger partial charge is 0.452 e. The van der Waals surface area contributed by atoms with Crippen LogP contribution in [0.4, 0.5) is 10.1 Å². The summed E-state index contributed by atoms with van der Waals surface area (Å²) in [5, 5.41) is 4.44. The van der Waals surface area contributed by atoms with Gasteiger partial charge in [-0.2, -0.15) is 4.31 Å². The fourth-order valence-electron chi connectivity index (χ4n) is 3.62. The third kappa shape index (κ3) is 6.19. The second-order valence-electron chi connectivity index (χ2n) is 7.96. The predicted octanol–water partition coefficient (Wildman–Crippen LogP) is 5.05. The van der Waals surface area contributed by atoms with E-state index in [0.29, 0.717) is 23.5 Å². The molecule has 1 aromatic heterocycles. The fourth-order valence-corrected chi connectivity index (χ4v) is 6.06. The van der Waals surface area contributed by atoms with Crippen LogP contribution in [-0.4, -0.2) is 44.3 Å². The third-order valence-corrected chi connectivity index (χ3v) is 8.56. The number of thiophene rings is 1. The molecule has 188 valence electrons. The Morgan fingerprint density at radius 3 is 2.50 bits per heavy atom. The number of esters is 1. The number of anilines is 1. The van der Waals surface area contributed by atoms with Crippen LogP contribution >= 0.6 is 22.9 Å². The van der Waals surface area contributed by atoms with Gasteiger partial charge in [-0.3, -0.25) is 4.79 Å². The number of ether oxygens (including phenoxy) is 1. The van der Waals surface area contributed by atoms with Gasteiger partial charge in [-0.15, -0.1) is 11.3 Å². The standard InChI is InChI=1S/C25H22ClFN2O5S2/c26-21-10-9-19(36(32,33)29-11-1-2-12-29)15-22(21)28-24(30)16-34-25(31)20(23-4-3-13-35-23)14-17-5-7-18(27)8-6-17/h3-10,13-15H,1-2,11-12,16H2,(H,28,30)/b20-14+. The molecule has 0 saturated carbocycles. The van der Waals surface area contributed by atoms with Crippen molar-refractivity contribution in [3.8, 4) is 0 Å². The first-order valence-corrected chi connectivity index (χ1v) is 13.7.